The number of nitrogens with zero attached hydrogens (tertiary/aromatic N) is 3. The van der Waals surface area contributed by atoms with Gasteiger partial charge < -0.3 is 30.6 Å². The van der Waals surface area contributed by atoms with Crippen LogP contribution in [-0.4, -0.2) is 81.2 Å². The molecule has 0 unspecified atom stereocenters. The van der Waals surface area contributed by atoms with Crippen molar-refractivity contribution in [2.45, 2.75) is 31.6 Å². The molecule has 2 aromatic heterocycles. The van der Waals surface area contributed by atoms with E-state index in [4.69, 9.17) is 36.1 Å². The maximum Gasteiger partial charge on any atom is 0.490 e. The number of carbonyl (C=O) groups is 2. The van der Waals surface area contributed by atoms with Crippen LogP contribution in [0.15, 0.2) is 18.7 Å². The number of carboxylic acids is 2. The van der Waals surface area contributed by atoms with Crippen LogP contribution in [-0.2, 0) is 16.0 Å². The lowest BCUT2D eigenvalue weighted by molar-refractivity contribution is -0.193. The molecule has 3 heterocycles. The van der Waals surface area contributed by atoms with Crippen molar-refractivity contribution in [3.05, 3.63) is 40.4 Å². The van der Waals surface area contributed by atoms with Crippen molar-refractivity contribution in [3.63, 3.8) is 0 Å². The highest BCUT2D eigenvalue weighted by molar-refractivity contribution is 6.31. The highest BCUT2D eigenvalue weighted by Gasteiger charge is 2.38. The Morgan fingerprint density at radius 1 is 1.10 bits per heavy atom. The summed E-state index contributed by atoms with van der Waals surface area (Å²) in [6, 6.07) is 2.01. The summed E-state index contributed by atoms with van der Waals surface area (Å²) in [6.45, 7) is 4.69. The van der Waals surface area contributed by atoms with Crippen molar-refractivity contribution in [1.82, 2.24) is 25.3 Å². The number of H-pyrrole nitrogens is 1. The molecule has 1 aromatic carbocycles. The van der Waals surface area contributed by atoms with Crippen molar-refractivity contribution < 1.29 is 50.9 Å². The number of aliphatic carboxylic acids is 2. The molecule has 0 atom stereocenters. The number of aromatic amines is 1. The number of hydrogen-bond acceptors (Lipinski definition) is 8. The molecule has 0 spiro atoms. The minimum Gasteiger partial charge on any atom is -0.496 e. The lowest BCUT2D eigenvalue weighted by atomic mass is 9.87. The Labute approximate surface area is 226 Å². The molecule has 0 radical (unpaired) electrons. The number of anilines is 1. The molecule has 5 N–H and O–H groups in total. The van der Waals surface area contributed by atoms with E-state index in [1.54, 1.807) is 13.4 Å². The van der Waals surface area contributed by atoms with E-state index in [9.17, 15) is 26.3 Å². The number of hydrogen-bond donors (Lipinski definition) is 5. The van der Waals surface area contributed by atoms with Gasteiger partial charge in [-0.15, -0.1) is 0 Å². The highest BCUT2D eigenvalue weighted by Crippen LogP contribution is 2.39. The van der Waals surface area contributed by atoms with Crippen LogP contribution in [0.5, 0.6) is 5.75 Å². The molecule has 18 heteroatoms. The number of ether oxygens (including phenoxy) is 1. The van der Waals surface area contributed by atoms with Crippen molar-refractivity contribution in [2.24, 2.45) is 0 Å². The molecule has 1 saturated heterocycles. The first kappa shape index (κ1) is 32.4. The predicted molar refractivity (Wildman–Crippen MR) is 130 cm³/mol. The normalized spacial score (nSPS) is 13.3. The zero-order chi connectivity index (χ0) is 30.3. The fourth-order valence-electron chi connectivity index (χ4n) is 3.42. The standard InChI is InChI=1S/C18H21ClN6O.2C2HF3O2/c1-10-13(19)5-11(16(26-2)14(10)12-6-20-7-12)3-4-21-17-15-18(23-8-22-15)25-9-24-17;2*3-2(4,5)1(6)7/h5,8-9,12,20H,3-4,6-7H2,1-2H3,(H2,21,22,23,24,25);2*(H,6,7). The number of alkyl halides is 6. The lowest BCUT2D eigenvalue weighted by Crippen LogP contribution is -2.40. The molecule has 1 fully saturated rings. The molecule has 0 amide bonds. The van der Waals surface area contributed by atoms with E-state index in [2.05, 4.69) is 37.5 Å². The first-order chi connectivity index (χ1) is 18.6. The van der Waals surface area contributed by atoms with Crippen LogP contribution in [0.1, 0.15) is 22.6 Å². The predicted octanol–water partition coefficient (Wildman–Crippen LogP) is 3.93. The average molecular weight is 601 g/mol. The molecular weight excluding hydrogens is 578 g/mol. The van der Waals surface area contributed by atoms with E-state index in [0.717, 1.165) is 58.4 Å². The summed E-state index contributed by atoms with van der Waals surface area (Å²) in [7, 11) is 1.73. The maximum absolute atomic E-state index is 10.6. The lowest BCUT2D eigenvalue weighted by Gasteiger charge is -2.31. The van der Waals surface area contributed by atoms with Gasteiger partial charge in [0.15, 0.2) is 11.5 Å². The van der Waals surface area contributed by atoms with E-state index < -0.39 is 24.3 Å². The third kappa shape index (κ3) is 8.57. The fourth-order valence-corrected chi connectivity index (χ4v) is 3.65. The van der Waals surface area contributed by atoms with Crippen LogP contribution in [0, 0.1) is 6.92 Å². The van der Waals surface area contributed by atoms with Crippen molar-refractivity contribution >= 4 is 40.5 Å². The first-order valence-electron chi connectivity index (χ1n) is 11.1. The monoisotopic (exact) mass is 600 g/mol. The van der Waals surface area contributed by atoms with Gasteiger partial charge in [-0.05, 0) is 30.5 Å². The van der Waals surface area contributed by atoms with E-state index in [1.165, 1.54) is 11.9 Å². The Morgan fingerprint density at radius 2 is 1.68 bits per heavy atom. The maximum atomic E-state index is 10.6. The minimum absolute atomic E-state index is 0.459. The Bertz CT molecular complexity index is 1310. The highest BCUT2D eigenvalue weighted by atomic mass is 35.5. The number of methoxy groups -OCH3 is 1. The Kier molecular flexibility index (Phi) is 10.9. The molecule has 3 aromatic rings. The second-order valence-corrected chi connectivity index (χ2v) is 8.46. The second-order valence-electron chi connectivity index (χ2n) is 8.05. The topological polar surface area (TPSA) is 162 Å². The van der Waals surface area contributed by atoms with Gasteiger partial charge in [-0.1, -0.05) is 11.6 Å². The van der Waals surface area contributed by atoms with Crippen LogP contribution in [0.3, 0.4) is 0 Å². The largest absolute Gasteiger partial charge is 0.496 e. The molecule has 1 aliphatic rings. The summed E-state index contributed by atoms with van der Waals surface area (Å²) in [5.74, 6) is -3.38. The number of benzene rings is 1. The van der Waals surface area contributed by atoms with Crippen molar-refractivity contribution in [1.29, 1.82) is 0 Å². The average Bonchev–Trinajstić information content (AvgIpc) is 3.30. The Hall–Kier alpha value is -3.86. The summed E-state index contributed by atoms with van der Waals surface area (Å²) in [4.78, 5) is 33.5. The number of imidazole rings is 1. The van der Waals surface area contributed by atoms with Gasteiger partial charge in [0.05, 0.1) is 13.4 Å². The van der Waals surface area contributed by atoms with Crippen molar-refractivity contribution in [2.75, 3.05) is 32.1 Å². The second kappa shape index (κ2) is 13.5. The van der Waals surface area contributed by atoms with E-state index in [-0.39, 0.29) is 0 Å². The summed E-state index contributed by atoms with van der Waals surface area (Å²) < 4.78 is 69.2. The number of fused-ring (bicyclic) bond motifs is 1. The molecule has 4 rings (SSSR count). The third-order valence-electron chi connectivity index (χ3n) is 5.38. The summed E-state index contributed by atoms with van der Waals surface area (Å²) in [6.07, 6.45) is -6.26. The number of rotatable bonds is 6. The van der Waals surface area contributed by atoms with Gasteiger partial charge in [0.2, 0.25) is 0 Å². The van der Waals surface area contributed by atoms with Gasteiger partial charge in [-0.2, -0.15) is 26.3 Å². The Morgan fingerprint density at radius 3 is 2.15 bits per heavy atom. The quantitative estimate of drug-likeness (QED) is 0.262. The molecule has 40 heavy (non-hydrogen) atoms. The minimum atomic E-state index is -5.08. The number of aromatic nitrogens is 4. The first-order valence-corrected chi connectivity index (χ1v) is 11.5. The number of carboxylic acid groups (broad SMARTS) is 2. The van der Waals surface area contributed by atoms with Gasteiger partial charge in [0, 0.05) is 36.1 Å². The van der Waals surface area contributed by atoms with Gasteiger partial charge >= 0.3 is 24.3 Å². The van der Waals surface area contributed by atoms with Gasteiger partial charge in [-0.3, -0.25) is 0 Å². The summed E-state index contributed by atoms with van der Waals surface area (Å²) >= 11 is 6.50. The van der Waals surface area contributed by atoms with Gasteiger partial charge in [-0.25, -0.2) is 24.5 Å². The van der Waals surface area contributed by atoms with Gasteiger partial charge in [0.1, 0.15) is 17.6 Å². The molecule has 11 nitrogen and oxygen atoms in total. The number of halogens is 7. The molecule has 0 aliphatic carbocycles. The van der Waals surface area contributed by atoms with E-state index in [0.29, 0.717) is 12.5 Å². The molecule has 0 bridgehead atoms. The van der Waals surface area contributed by atoms with Crippen LogP contribution in [0.25, 0.3) is 11.2 Å². The van der Waals surface area contributed by atoms with Crippen LogP contribution >= 0.6 is 11.6 Å². The molecule has 1 aliphatic heterocycles. The molecule has 0 saturated carbocycles. The van der Waals surface area contributed by atoms with Crippen LogP contribution in [0.4, 0.5) is 32.2 Å². The van der Waals surface area contributed by atoms with E-state index >= 15 is 0 Å². The van der Waals surface area contributed by atoms with Crippen LogP contribution in [0.2, 0.25) is 5.02 Å². The Balaban J connectivity index is 0.000000333. The van der Waals surface area contributed by atoms with Crippen LogP contribution < -0.4 is 15.4 Å². The summed E-state index contributed by atoms with van der Waals surface area (Å²) in [5.41, 5.74) is 4.90. The van der Waals surface area contributed by atoms with Gasteiger partial charge in [0.25, 0.3) is 0 Å². The number of nitrogens with one attached hydrogen (secondary N) is 3. The molecule has 220 valence electrons. The summed E-state index contributed by atoms with van der Waals surface area (Å²) in [5, 5.41) is 21.7. The van der Waals surface area contributed by atoms with E-state index in [1.807, 2.05) is 6.07 Å². The SMILES string of the molecule is COc1c(CCNc2ncnc3[nH]cnc23)cc(Cl)c(C)c1C1CNC1.O=C(O)C(F)(F)F.O=C(O)C(F)(F)F. The zero-order valence-electron chi connectivity index (χ0n) is 20.7. The van der Waals surface area contributed by atoms with Crippen molar-refractivity contribution in [3.8, 4) is 5.75 Å². The third-order valence-corrected chi connectivity index (χ3v) is 5.77. The smallest absolute Gasteiger partial charge is 0.490 e. The molecular formula is C22H23ClF6N6O5. The fraction of sp³-hybridized carbons (Fsp3) is 0.409. The zero-order valence-corrected chi connectivity index (χ0v) is 21.5.